The summed E-state index contributed by atoms with van der Waals surface area (Å²) in [7, 11) is 1.35. The molecule has 0 N–H and O–H groups in total. The van der Waals surface area contributed by atoms with Crippen molar-refractivity contribution in [3.05, 3.63) is 82.3 Å². The maximum Gasteiger partial charge on any atom is 0.307 e. The monoisotopic (exact) mass is 648 g/mol. The second-order valence-electron chi connectivity index (χ2n) is 13.1. The predicted octanol–water partition coefficient (Wildman–Crippen LogP) is 6.05. The highest BCUT2D eigenvalue weighted by molar-refractivity contribution is 5.69. The van der Waals surface area contributed by atoms with Crippen LogP contribution in [0.1, 0.15) is 100.0 Å². The molecule has 0 amide bonds. The van der Waals surface area contributed by atoms with Gasteiger partial charge in [0.1, 0.15) is 6.26 Å². The lowest BCUT2D eigenvalue weighted by molar-refractivity contribution is -0.322. The molecule has 10 heteroatoms. The van der Waals surface area contributed by atoms with E-state index in [1.807, 2.05) is 19.1 Å². The summed E-state index contributed by atoms with van der Waals surface area (Å²) >= 11 is 0. The van der Waals surface area contributed by atoms with E-state index in [0.717, 1.165) is 29.9 Å². The van der Waals surface area contributed by atoms with E-state index in [1.54, 1.807) is 6.07 Å². The number of carbonyl (C=O) groups excluding carboxylic acids is 4. The van der Waals surface area contributed by atoms with Crippen molar-refractivity contribution >= 4 is 23.9 Å². The van der Waals surface area contributed by atoms with Crippen molar-refractivity contribution in [3.63, 3.8) is 0 Å². The smallest absolute Gasteiger partial charge is 0.307 e. The summed E-state index contributed by atoms with van der Waals surface area (Å²) in [6.45, 7) is 6.70. The highest BCUT2D eigenvalue weighted by Crippen LogP contribution is 2.58. The number of carbonyl (C=O) groups is 4. The Balaban J connectivity index is 1.50. The Hall–Kier alpha value is -4.18. The zero-order valence-corrected chi connectivity index (χ0v) is 28.0. The van der Waals surface area contributed by atoms with E-state index in [1.165, 1.54) is 72.0 Å². The quantitative estimate of drug-likeness (QED) is 0.180. The van der Waals surface area contributed by atoms with Gasteiger partial charge in [-0.25, -0.2) is 0 Å². The van der Waals surface area contributed by atoms with Crippen LogP contribution in [0.2, 0.25) is 0 Å². The number of hydrogen-bond acceptors (Lipinski definition) is 10. The van der Waals surface area contributed by atoms with E-state index in [2.05, 4.69) is 24.3 Å². The molecular weight excluding hydrogens is 604 g/mol. The minimum atomic E-state index is -1.90. The molecule has 2 aromatic carbocycles. The highest BCUT2D eigenvalue weighted by Gasteiger charge is 2.61. The van der Waals surface area contributed by atoms with Crippen molar-refractivity contribution in [2.45, 2.75) is 110 Å². The van der Waals surface area contributed by atoms with Gasteiger partial charge < -0.3 is 28.4 Å². The van der Waals surface area contributed by atoms with Crippen LogP contribution in [0.5, 0.6) is 0 Å². The minimum absolute atomic E-state index is 0.181. The summed E-state index contributed by atoms with van der Waals surface area (Å²) in [4.78, 5) is 48.8. The van der Waals surface area contributed by atoms with Crippen LogP contribution in [0.25, 0.3) is 0 Å². The number of hydrogen-bond donors (Lipinski definition) is 0. The Labute approximate surface area is 275 Å². The van der Waals surface area contributed by atoms with E-state index in [9.17, 15) is 19.2 Å². The van der Waals surface area contributed by atoms with Crippen LogP contribution in [-0.2, 0) is 59.8 Å². The Morgan fingerprint density at radius 3 is 2.02 bits per heavy atom. The summed E-state index contributed by atoms with van der Waals surface area (Å²) in [5.74, 6) is -4.34. The number of ether oxygens (including phenoxy) is 6. The van der Waals surface area contributed by atoms with E-state index >= 15 is 0 Å². The van der Waals surface area contributed by atoms with Gasteiger partial charge >= 0.3 is 23.9 Å². The summed E-state index contributed by atoms with van der Waals surface area (Å²) < 4.78 is 34.3. The van der Waals surface area contributed by atoms with Gasteiger partial charge in [-0.1, -0.05) is 36.4 Å². The molecule has 1 aliphatic heterocycles. The van der Waals surface area contributed by atoms with Crippen LogP contribution in [-0.4, -0.2) is 49.3 Å². The summed E-state index contributed by atoms with van der Waals surface area (Å²) in [6, 6.07) is 14.4. The van der Waals surface area contributed by atoms with Gasteiger partial charge in [0.25, 0.3) is 5.79 Å². The standard InChI is InChI=1S/C37H44O10/c1-22-7-12-31(20-30(22)19-27-8-10-28(11-9-27)29-13-15-36(16-14-29)17-18-36)37(42-6)35(46-26(5)41)34(45-25(4)40)33(44-24(3)39)32(47-37)21-43-23(2)38/h7-12,20-21,29,33-35H,13-19H2,1-6H3/b32-21+/t33-,34+,35-,37?/m1/s1. The first kappa shape index (κ1) is 34.2. The van der Waals surface area contributed by atoms with Gasteiger partial charge in [0, 0.05) is 40.4 Å². The fraction of sp³-hybridized carbons (Fsp3) is 0.514. The van der Waals surface area contributed by atoms with Crippen molar-refractivity contribution < 1.29 is 47.6 Å². The molecule has 4 atom stereocenters. The van der Waals surface area contributed by atoms with Crippen molar-refractivity contribution in [1.29, 1.82) is 0 Å². The molecular formula is C37H44O10. The fourth-order valence-corrected chi connectivity index (χ4v) is 6.95. The van der Waals surface area contributed by atoms with E-state index < -0.39 is 48.0 Å². The average molecular weight is 649 g/mol. The predicted molar refractivity (Wildman–Crippen MR) is 170 cm³/mol. The Morgan fingerprint density at radius 1 is 0.830 bits per heavy atom. The molecule has 10 nitrogen and oxygen atoms in total. The third-order valence-electron chi connectivity index (χ3n) is 9.65. The number of aryl methyl sites for hydroxylation is 1. The minimum Gasteiger partial charge on any atom is -0.454 e. The molecule has 2 aliphatic carbocycles. The maximum absolute atomic E-state index is 12.5. The zero-order chi connectivity index (χ0) is 33.9. The lowest BCUT2D eigenvalue weighted by Crippen LogP contribution is -2.62. The molecule has 3 aliphatic rings. The van der Waals surface area contributed by atoms with Crippen molar-refractivity contribution in [2.75, 3.05) is 7.11 Å². The van der Waals surface area contributed by atoms with Crippen LogP contribution in [0.3, 0.4) is 0 Å². The van der Waals surface area contributed by atoms with Crippen LogP contribution < -0.4 is 0 Å². The molecule has 3 fully saturated rings. The molecule has 0 bridgehead atoms. The highest BCUT2D eigenvalue weighted by atomic mass is 16.7. The normalized spacial score (nSPS) is 25.8. The third kappa shape index (κ3) is 7.70. The molecule has 5 rings (SSSR count). The molecule has 1 spiro atoms. The number of rotatable bonds is 9. The zero-order valence-electron chi connectivity index (χ0n) is 28.0. The summed E-state index contributed by atoms with van der Waals surface area (Å²) in [6.07, 6.45) is 5.25. The molecule has 1 heterocycles. The third-order valence-corrected chi connectivity index (χ3v) is 9.65. The van der Waals surface area contributed by atoms with Gasteiger partial charge in [0.05, 0.1) is 0 Å². The summed E-state index contributed by atoms with van der Waals surface area (Å²) in [5.41, 5.74) is 5.58. The Bertz CT molecular complexity index is 1530. The van der Waals surface area contributed by atoms with Gasteiger partial charge in [-0.15, -0.1) is 0 Å². The lowest BCUT2D eigenvalue weighted by Gasteiger charge is -2.48. The number of esters is 4. The van der Waals surface area contributed by atoms with Gasteiger partial charge in [0.15, 0.2) is 11.9 Å². The number of methoxy groups -OCH3 is 1. The Morgan fingerprint density at radius 2 is 1.47 bits per heavy atom. The summed E-state index contributed by atoms with van der Waals surface area (Å²) in [5, 5.41) is 0. The maximum atomic E-state index is 12.5. The van der Waals surface area contributed by atoms with Gasteiger partial charge in [-0.05, 0) is 91.5 Å². The van der Waals surface area contributed by atoms with Gasteiger partial charge in [-0.2, -0.15) is 0 Å². The van der Waals surface area contributed by atoms with Crippen LogP contribution in [0.15, 0.2) is 54.5 Å². The van der Waals surface area contributed by atoms with Crippen LogP contribution in [0.4, 0.5) is 0 Å². The molecule has 2 aromatic rings. The molecule has 1 unspecified atom stereocenters. The average Bonchev–Trinajstić information content (AvgIpc) is 3.78. The molecule has 252 valence electrons. The molecule has 0 aromatic heterocycles. The van der Waals surface area contributed by atoms with Gasteiger partial charge in [-0.3, -0.25) is 19.2 Å². The fourth-order valence-electron chi connectivity index (χ4n) is 6.95. The second-order valence-corrected chi connectivity index (χ2v) is 13.1. The first-order valence-corrected chi connectivity index (χ1v) is 16.2. The lowest BCUT2D eigenvalue weighted by atomic mass is 9.77. The Kier molecular flexibility index (Phi) is 10.1. The molecule has 0 radical (unpaired) electrons. The SMILES string of the molecule is COC1(c2ccc(C)c(Cc3ccc(C4CCC5(CC4)CC5)cc3)c2)O/C(=C/OC(C)=O)[C@@H](OC(C)=O)[C@H](OC(C)=O)[C@H]1OC(C)=O. The van der Waals surface area contributed by atoms with Crippen LogP contribution >= 0.6 is 0 Å². The largest absolute Gasteiger partial charge is 0.454 e. The van der Waals surface area contributed by atoms with E-state index in [4.69, 9.17) is 28.4 Å². The van der Waals surface area contributed by atoms with Crippen molar-refractivity contribution in [2.24, 2.45) is 5.41 Å². The molecule has 2 saturated carbocycles. The van der Waals surface area contributed by atoms with Crippen LogP contribution in [0, 0.1) is 12.3 Å². The van der Waals surface area contributed by atoms with Gasteiger partial charge in [0.2, 0.25) is 12.2 Å². The topological polar surface area (TPSA) is 124 Å². The number of benzene rings is 2. The molecule has 47 heavy (non-hydrogen) atoms. The first-order valence-electron chi connectivity index (χ1n) is 16.2. The second kappa shape index (κ2) is 13.9. The van der Waals surface area contributed by atoms with E-state index in [0.29, 0.717) is 23.3 Å². The molecule has 1 saturated heterocycles. The first-order chi connectivity index (χ1) is 22.3. The van der Waals surface area contributed by atoms with E-state index in [-0.39, 0.29) is 5.76 Å². The van der Waals surface area contributed by atoms with Crippen molar-refractivity contribution in [1.82, 2.24) is 0 Å². The van der Waals surface area contributed by atoms with Crippen molar-refractivity contribution in [3.8, 4) is 0 Å².